The molecule has 1 heterocycles. The van der Waals surface area contributed by atoms with Crippen LogP contribution in [-0.4, -0.2) is 15.0 Å². The van der Waals surface area contributed by atoms with Crippen molar-refractivity contribution in [3.63, 3.8) is 0 Å². The third-order valence-electron chi connectivity index (χ3n) is 3.14. The summed E-state index contributed by atoms with van der Waals surface area (Å²) >= 11 is 5.86. The van der Waals surface area contributed by atoms with E-state index in [0.29, 0.717) is 10.6 Å². The molecule has 3 aromatic rings. The van der Waals surface area contributed by atoms with Gasteiger partial charge in [-0.25, -0.2) is 9.89 Å². The molecule has 1 atom stereocenters. The average molecular weight is 302 g/mol. The van der Waals surface area contributed by atoms with Gasteiger partial charge in [-0.05, 0) is 30.3 Å². The monoisotopic (exact) mass is 301 g/mol. The Hall–Kier alpha value is -2.18. The van der Waals surface area contributed by atoms with Gasteiger partial charge < -0.3 is 5.21 Å². The summed E-state index contributed by atoms with van der Waals surface area (Å²) in [4.78, 5) is 0. The second kappa shape index (κ2) is 5.67. The van der Waals surface area contributed by atoms with Crippen molar-refractivity contribution < 1.29 is 10.4 Å². The first-order valence-electron chi connectivity index (χ1n) is 6.28. The largest absolute Gasteiger partial charge is 0.595 e. The van der Waals surface area contributed by atoms with Crippen molar-refractivity contribution in [2.24, 2.45) is 0 Å². The van der Waals surface area contributed by atoms with Gasteiger partial charge in [-0.3, -0.25) is 0 Å². The molecular weight excluding hydrogens is 290 g/mol. The SMILES string of the molecule is [O-][NH+](O)c1ccccc1-c1cnn(-c2ccc(Cl)cc2)c1. The molecule has 0 amide bonds. The fraction of sp³-hybridized carbons (Fsp3) is 0. The average Bonchev–Trinajstić information content (AvgIpc) is 2.97. The van der Waals surface area contributed by atoms with Gasteiger partial charge in [0.15, 0.2) is 5.69 Å². The van der Waals surface area contributed by atoms with Gasteiger partial charge in [-0.1, -0.05) is 23.7 Å². The van der Waals surface area contributed by atoms with E-state index in [0.717, 1.165) is 11.3 Å². The molecule has 3 rings (SSSR count). The van der Waals surface area contributed by atoms with Crippen LogP contribution in [0.25, 0.3) is 16.8 Å². The van der Waals surface area contributed by atoms with Crippen LogP contribution >= 0.6 is 11.6 Å². The second-order valence-electron chi connectivity index (χ2n) is 4.50. The first-order chi connectivity index (χ1) is 10.1. The highest BCUT2D eigenvalue weighted by Gasteiger charge is 2.12. The number of quaternary nitrogens is 1. The van der Waals surface area contributed by atoms with Crippen LogP contribution in [0.15, 0.2) is 60.9 Å². The quantitative estimate of drug-likeness (QED) is 0.731. The number of para-hydroxylation sites is 1. The minimum atomic E-state index is -0.954. The molecule has 0 aliphatic carbocycles. The van der Waals surface area contributed by atoms with Crippen molar-refractivity contribution in [2.45, 2.75) is 0 Å². The van der Waals surface area contributed by atoms with Crippen LogP contribution in [0, 0.1) is 5.21 Å². The smallest absolute Gasteiger partial charge is 0.171 e. The molecule has 0 bridgehead atoms. The summed E-state index contributed by atoms with van der Waals surface area (Å²) < 4.78 is 1.68. The van der Waals surface area contributed by atoms with E-state index in [1.54, 1.807) is 53.5 Å². The van der Waals surface area contributed by atoms with E-state index in [4.69, 9.17) is 11.6 Å². The first-order valence-corrected chi connectivity index (χ1v) is 6.66. The maximum absolute atomic E-state index is 11.3. The summed E-state index contributed by atoms with van der Waals surface area (Å²) in [6.07, 6.45) is 3.45. The number of hydrogen-bond donors (Lipinski definition) is 2. The van der Waals surface area contributed by atoms with Gasteiger partial charge in [-0.15, -0.1) is 0 Å². The molecule has 0 aliphatic rings. The fourth-order valence-electron chi connectivity index (χ4n) is 2.12. The van der Waals surface area contributed by atoms with E-state index < -0.39 is 5.23 Å². The van der Waals surface area contributed by atoms with Crippen molar-refractivity contribution in [3.8, 4) is 16.8 Å². The normalized spacial score (nSPS) is 12.3. The van der Waals surface area contributed by atoms with Gasteiger partial charge in [0.1, 0.15) is 0 Å². The first kappa shape index (κ1) is 13.8. The lowest BCUT2D eigenvalue weighted by Crippen LogP contribution is -2.99. The van der Waals surface area contributed by atoms with Crippen molar-refractivity contribution in [1.82, 2.24) is 9.78 Å². The topological polar surface area (TPSA) is 65.6 Å². The minimum Gasteiger partial charge on any atom is -0.595 e. The Balaban J connectivity index is 2.01. The Bertz CT molecular complexity index is 754. The molecule has 0 saturated carbocycles. The lowest BCUT2D eigenvalue weighted by atomic mass is 10.1. The van der Waals surface area contributed by atoms with Gasteiger partial charge >= 0.3 is 0 Å². The van der Waals surface area contributed by atoms with Crippen molar-refractivity contribution in [3.05, 3.63) is 71.2 Å². The molecule has 2 N–H and O–H groups in total. The Labute approximate surface area is 126 Å². The number of halogens is 1. The van der Waals surface area contributed by atoms with E-state index in [2.05, 4.69) is 5.10 Å². The van der Waals surface area contributed by atoms with Crippen molar-refractivity contribution in [2.75, 3.05) is 0 Å². The number of aromatic nitrogens is 2. The molecule has 0 radical (unpaired) electrons. The third kappa shape index (κ3) is 2.81. The van der Waals surface area contributed by atoms with Gasteiger partial charge in [0.05, 0.1) is 11.9 Å². The molecule has 0 fully saturated rings. The van der Waals surface area contributed by atoms with E-state index in [-0.39, 0.29) is 5.69 Å². The molecule has 5 nitrogen and oxygen atoms in total. The van der Waals surface area contributed by atoms with Gasteiger partial charge in [-0.2, -0.15) is 10.3 Å². The van der Waals surface area contributed by atoms with Crippen LogP contribution in [-0.2, 0) is 0 Å². The number of nitrogens with one attached hydrogen (secondary N) is 1. The van der Waals surface area contributed by atoms with E-state index >= 15 is 0 Å². The van der Waals surface area contributed by atoms with Crippen molar-refractivity contribution in [1.29, 1.82) is 0 Å². The van der Waals surface area contributed by atoms with Gasteiger partial charge in [0.2, 0.25) is 0 Å². The summed E-state index contributed by atoms with van der Waals surface area (Å²) in [6, 6.07) is 14.1. The maximum atomic E-state index is 11.3. The highest BCUT2D eigenvalue weighted by Crippen LogP contribution is 2.25. The molecule has 0 spiro atoms. The molecule has 6 heteroatoms. The highest BCUT2D eigenvalue weighted by molar-refractivity contribution is 6.30. The van der Waals surface area contributed by atoms with Crippen LogP contribution in [0.5, 0.6) is 0 Å². The van der Waals surface area contributed by atoms with Crippen molar-refractivity contribution >= 4 is 17.3 Å². The minimum absolute atomic E-state index is 0.258. The lowest BCUT2D eigenvalue weighted by molar-refractivity contribution is -0.991. The van der Waals surface area contributed by atoms with Gasteiger partial charge in [0, 0.05) is 28.4 Å². The standard InChI is InChI=1S/C15H12ClN3O2/c16-12-5-7-13(8-6-12)18-10-11(9-17-18)14-3-1-2-4-15(14)19(20)21/h1-10,19-20H. The van der Waals surface area contributed by atoms with Gasteiger partial charge in [0.25, 0.3) is 0 Å². The summed E-state index contributed by atoms with van der Waals surface area (Å²) in [5.74, 6) is 0. The van der Waals surface area contributed by atoms with Crippen LogP contribution in [0.3, 0.4) is 0 Å². The molecule has 0 saturated heterocycles. The van der Waals surface area contributed by atoms with Crippen LogP contribution in [0.2, 0.25) is 5.02 Å². The van der Waals surface area contributed by atoms with E-state index in [9.17, 15) is 10.4 Å². The molecule has 1 unspecified atom stereocenters. The highest BCUT2D eigenvalue weighted by atomic mass is 35.5. The molecule has 1 aromatic heterocycles. The lowest BCUT2D eigenvalue weighted by Gasteiger charge is -2.14. The predicted octanol–water partition coefficient (Wildman–Crippen LogP) is 2.60. The number of rotatable bonds is 3. The summed E-state index contributed by atoms with van der Waals surface area (Å²) in [7, 11) is 0. The summed E-state index contributed by atoms with van der Waals surface area (Å²) in [5.41, 5.74) is 2.51. The van der Waals surface area contributed by atoms with E-state index in [1.165, 1.54) is 0 Å². The molecular formula is C15H12ClN3O2. The zero-order valence-electron chi connectivity index (χ0n) is 10.9. The Kier molecular flexibility index (Phi) is 3.72. The zero-order valence-corrected chi connectivity index (χ0v) is 11.7. The molecule has 106 valence electrons. The van der Waals surface area contributed by atoms with E-state index in [1.807, 2.05) is 12.1 Å². The molecule has 21 heavy (non-hydrogen) atoms. The summed E-state index contributed by atoms with van der Waals surface area (Å²) in [5, 5.41) is 24.5. The second-order valence-corrected chi connectivity index (χ2v) is 4.94. The third-order valence-corrected chi connectivity index (χ3v) is 3.39. The molecule has 0 aliphatic heterocycles. The number of benzene rings is 2. The van der Waals surface area contributed by atoms with Crippen LogP contribution in [0.4, 0.5) is 5.69 Å². The molecule has 2 aromatic carbocycles. The van der Waals surface area contributed by atoms with Crippen LogP contribution < -0.4 is 5.23 Å². The van der Waals surface area contributed by atoms with Crippen LogP contribution in [0.1, 0.15) is 0 Å². The Morgan fingerprint density at radius 2 is 1.81 bits per heavy atom. The fourth-order valence-corrected chi connectivity index (χ4v) is 2.24. The number of hydrogen-bond acceptors (Lipinski definition) is 3. The Morgan fingerprint density at radius 3 is 2.52 bits per heavy atom. The predicted molar refractivity (Wildman–Crippen MR) is 79.8 cm³/mol. The number of nitrogens with zero attached hydrogens (tertiary/aromatic N) is 2. The maximum Gasteiger partial charge on any atom is 0.171 e. The zero-order chi connectivity index (χ0) is 14.8. The summed E-state index contributed by atoms with van der Waals surface area (Å²) in [6.45, 7) is 0. The Morgan fingerprint density at radius 1 is 1.10 bits per heavy atom.